The van der Waals surface area contributed by atoms with Gasteiger partial charge in [-0.3, -0.25) is 0 Å². The molecular weight excluding hydrogens is 152 g/mol. The molecule has 1 aliphatic heterocycles. The Labute approximate surface area is 72.6 Å². The lowest BCUT2D eigenvalue weighted by atomic mass is 9.93. The predicted octanol–water partition coefficient (Wildman–Crippen LogP) is 2.05. The van der Waals surface area contributed by atoms with Crippen molar-refractivity contribution in [2.24, 2.45) is 5.92 Å². The molecule has 0 unspecified atom stereocenters. The highest BCUT2D eigenvalue weighted by atomic mass is 16.6. The molecule has 0 aromatic rings. The van der Waals surface area contributed by atoms with E-state index in [-0.39, 0.29) is 12.1 Å². The summed E-state index contributed by atoms with van der Waals surface area (Å²) >= 11 is 0. The van der Waals surface area contributed by atoms with Crippen molar-refractivity contribution >= 4 is 5.97 Å². The Bertz CT molecular complexity index is 220. The lowest BCUT2D eigenvalue weighted by Gasteiger charge is -2.12. The summed E-state index contributed by atoms with van der Waals surface area (Å²) in [5, 5.41) is 0. The number of fused-ring (bicyclic) bond motifs is 1. The molecule has 0 amide bonds. The van der Waals surface area contributed by atoms with Gasteiger partial charge in [0.25, 0.3) is 0 Å². The van der Waals surface area contributed by atoms with Gasteiger partial charge in [-0.05, 0) is 19.3 Å². The predicted molar refractivity (Wildman–Crippen MR) is 45.6 cm³/mol. The molecule has 2 nitrogen and oxygen atoms in total. The van der Waals surface area contributed by atoms with Gasteiger partial charge in [-0.2, -0.15) is 0 Å². The van der Waals surface area contributed by atoms with Gasteiger partial charge in [0.1, 0.15) is 6.10 Å². The first kappa shape index (κ1) is 7.84. The molecule has 2 rings (SSSR count). The molecule has 0 aromatic heterocycles. The second-order valence-electron chi connectivity index (χ2n) is 3.71. The second-order valence-corrected chi connectivity index (χ2v) is 3.71. The Balaban J connectivity index is 2.15. The van der Waals surface area contributed by atoms with Crippen molar-refractivity contribution in [3.8, 4) is 0 Å². The maximum atomic E-state index is 11.1. The highest BCUT2D eigenvalue weighted by Crippen LogP contribution is 2.36. The fraction of sp³-hybridized carbons (Fsp3) is 0.700. The quantitative estimate of drug-likeness (QED) is 0.406. The number of esters is 1. The van der Waals surface area contributed by atoms with E-state index in [0.717, 1.165) is 12.8 Å². The number of ether oxygens (including phenoxy) is 1. The van der Waals surface area contributed by atoms with Crippen molar-refractivity contribution in [2.45, 2.75) is 38.2 Å². The summed E-state index contributed by atoms with van der Waals surface area (Å²) < 4.78 is 5.22. The molecule has 1 saturated carbocycles. The van der Waals surface area contributed by atoms with Gasteiger partial charge >= 0.3 is 5.97 Å². The van der Waals surface area contributed by atoms with E-state index in [9.17, 15) is 4.79 Å². The summed E-state index contributed by atoms with van der Waals surface area (Å²) in [5.74, 6) is 0.173. The number of hydrogen-bond acceptors (Lipinski definition) is 2. The van der Waals surface area contributed by atoms with Crippen LogP contribution >= 0.6 is 0 Å². The first-order valence-electron chi connectivity index (χ1n) is 4.69. The van der Waals surface area contributed by atoms with E-state index in [0.29, 0.717) is 11.5 Å². The summed E-state index contributed by atoms with van der Waals surface area (Å²) in [6.07, 6.45) is 5.98. The monoisotopic (exact) mass is 166 g/mol. The van der Waals surface area contributed by atoms with Crippen molar-refractivity contribution < 1.29 is 9.53 Å². The summed E-state index contributed by atoms with van der Waals surface area (Å²) in [6.45, 7) is 3.79. The zero-order chi connectivity index (χ0) is 8.55. The molecule has 12 heavy (non-hydrogen) atoms. The third-order valence-electron chi connectivity index (χ3n) is 2.92. The molecule has 1 heterocycles. The van der Waals surface area contributed by atoms with E-state index in [2.05, 4.69) is 6.58 Å². The van der Waals surface area contributed by atoms with E-state index in [4.69, 9.17) is 4.74 Å². The van der Waals surface area contributed by atoms with Gasteiger partial charge in [0.15, 0.2) is 0 Å². The van der Waals surface area contributed by atoms with Crippen molar-refractivity contribution in [1.29, 1.82) is 0 Å². The molecule has 2 aliphatic rings. The van der Waals surface area contributed by atoms with Gasteiger partial charge in [-0.25, -0.2) is 4.79 Å². The molecule has 1 aliphatic carbocycles. The Morgan fingerprint density at radius 1 is 1.25 bits per heavy atom. The molecule has 66 valence electrons. The maximum absolute atomic E-state index is 11.1. The van der Waals surface area contributed by atoms with E-state index >= 15 is 0 Å². The lowest BCUT2D eigenvalue weighted by Crippen LogP contribution is -2.14. The van der Waals surface area contributed by atoms with Crippen LogP contribution in [0.15, 0.2) is 12.2 Å². The normalized spacial score (nSPS) is 35.7. The minimum Gasteiger partial charge on any atom is -0.458 e. The third-order valence-corrected chi connectivity index (χ3v) is 2.92. The molecule has 0 spiro atoms. The molecule has 0 aromatic carbocycles. The Morgan fingerprint density at radius 3 is 2.83 bits per heavy atom. The van der Waals surface area contributed by atoms with Crippen LogP contribution in [0.4, 0.5) is 0 Å². The van der Waals surface area contributed by atoms with E-state index in [1.807, 2.05) is 0 Å². The van der Waals surface area contributed by atoms with Gasteiger partial charge < -0.3 is 4.74 Å². The van der Waals surface area contributed by atoms with Crippen molar-refractivity contribution in [1.82, 2.24) is 0 Å². The van der Waals surface area contributed by atoms with Crippen LogP contribution in [0.5, 0.6) is 0 Å². The molecule has 0 N–H and O–H groups in total. The van der Waals surface area contributed by atoms with Crippen molar-refractivity contribution in [2.75, 3.05) is 0 Å². The van der Waals surface area contributed by atoms with E-state index in [1.165, 1.54) is 19.3 Å². The van der Waals surface area contributed by atoms with Crippen LogP contribution in [-0.2, 0) is 9.53 Å². The second kappa shape index (κ2) is 2.92. The lowest BCUT2D eigenvalue weighted by molar-refractivity contribution is -0.139. The number of rotatable bonds is 0. The summed E-state index contributed by atoms with van der Waals surface area (Å²) in [7, 11) is 0. The van der Waals surface area contributed by atoms with Crippen molar-refractivity contribution in [3.05, 3.63) is 12.2 Å². The van der Waals surface area contributed by atoms with Crippen LogP contribution in [0.1, 0.15) is 32.1 Å². The number of carbonyl (C=O) groups excluding carboxylic acids is 1. The van der Waals surface area contributed by atoms with Crippen LogP contribution in [0.25, 0.3) is 0 Å². The molecule has 1 saturated heterocycles. The average molecular weight is 166 g/mol. The minimum absolute atomic E-state index is 0.160. The minimum atomic E-state index is -0.160. The number of carbonyl (C=O) groups is 1. The smallest absolute Gasteiger partial charge is 0.334 e. The van der Waals surface area contributed by atoms with Gasteiger partial charge in [0.05, 0.1) is 0 Å². The fourth-order valence-corrected chi connectivity index (χ4v) is 2.18. The van der Waals surface area contributed by atoms with Crippen LogP contribution < -0.4 is 0 Å². The Morgan fingerprint density at radius 2 is 2.00 bits per heavy atom. The summed E-state index contributed by atoms with van der Waals surface area (Å²) in [4.78, 5) is 11.1. The molecule has 2 heteroatoms. The van der Waals surface area contributed by atoms with E-state index < -0.39 is 0 Å². The molecule has 0 radical (unpaired) electrons. The Hall–Kier alpha value is -0.790. The zero-order valence-corrected chi connectivity index (χ0v) is 7.21. The molecule has 0 bridgehead atoms. The van der Waals surface area contributed by atoms with E-state index in [1.54, 1.807) is 0 Å². The van der Waals surface area contributed by atoms with Crippen LogP contribution in [0.3, 0.4) is 0 Å². The third kappa shape index (κ3) is 1.15. The topological polar surface area (TPSA) is 26.3 Å². The first-order valence-corrected chi connectivity index (χ1v) is 4.69. The first-order chi connectivity index (χ1) is 5.79. The van der Waals surface area contributed by atoms with Gasteiger partial charge in [0.2, 0.25) is 0 Å². The zero-order valence-electron chi connectivity index (χ0n) is 7.21. The maximum Gasteiger partial charge on any atom is 0.334 e. The SMILES string of the molecule is C=C1C(=O)O[C@H]2CCCCC[C@@H]12. The molecule has 2 fully saturated rings. The highest BCUT2D eigenvalue weighted by Gasteiger charge is 2.38. The van der Waals surface area contributed by atoms with Crippen LogP contribution in [0.2, 0.25) is 0 Å². The van der Waals surface area contributed by atoms with Gasteiger partial charge in [0, 0.05) is 11.5 Å². The standard InChI is InChI=1S/C10H14O2/c1-7-8-5-3-2-4-6-9(8)12-10(7)11/h8-9H,1-6H2/t8-,9-/m0/s1. The largest absolute Gasteiger partial charge is 0.458 e. The Kier molecular flexibility index (Phi) is 1.91. The highest BCUT2D eigenvalue weighted by molar-refractivity contribution is 5.90. The van der Waals surface area contributed by atoms with Gasteiger partial charge in [-0.15, -0.1) is 0 Å². The molecule has 2 atom stereocenters. The number of hydrogen-bond donors (Lipinski definition) is 0. The van der Waals surface area contributed by atoms with Crippen LogP contribution in [0, 0.1) is 5.92 Å². The average Bonchev–Trinajstić information content (AvgIpc) is 2.30. The van der Waals surface area contributed by atoms with Crippen molar-refractivity contribution in [3.63, 3.8) is 0 Å². The van der Waals surface area contributed by atoms with Gasteiger partial charge in [-0.1, -0.05) is 19.4 Å². The summed E-state index contributed by atoms with van der Waals surface area (Å²) in [6, 6.07) is 0. The fourth-order valence-electron chi connectivity index (χ4n) is 2.18. The molecular formula is C10H14O2. The van der Waals surface area contributed by atoms with Crippen LogP contribution in [-0.4, -0.2) is 12.1 Å². The summed E-state index contributed by atoms with van der Waals surface area (Å²) in [5.41, 5.74) is 0.710.